The Hall–Kier alpha value is -3.73. The van der Waals surface area contributed by atoms with Gasteiger partial charge in [0.25, 0.3) is 5.91 Å². The quantitative estimate of drug-likeness (QED) is 0.205. The second-order valence-electron chi connectivity index (χ2n) is 7.40. The molecule has 168 valence electrons. The summed E-state index contributed by atoms with van der Waals surface area (Å²) in [6.07, 6.45) is 4.01. The second kappa shape index (κ2) is 11.4. The Morgan fingerprint density at radius 2 is 1.76 bits per heavy atom. The number of nitrogens with zero attached hydrogens (tertiary/aromatic N) is 2. The minimum absolute atomic E-state index is 0.00242. The van der Waals surface area contributed by atoms with Crippen molar-refractivity contribution in [2.75, 3.05) is 5.32 Å². The molecule has 0 atom stereocenters. The molecule has 5 nitrogen and oxygen atoms in total. The predicted octanol–water partition coefficient (Wildman–Crippen LogP) is 6.62. The number of anilines is 1. The molecule has 0 unspecified atom stereocenters. The average molecular weight is 530 g/mol. The van der Waals surface area contributed by atoms with E-state index in [2.05, 4.69) is 26.2 Å². The van der Waals surface area contributed by atoms with E-state index in [1.807, 2.05) is 84.9 Å². The van der Waals surface area contributed by atoms with Gasteiger partial charge in [0.05, 0.1) is 0 Å². The van der Waals surface area contributed by atoms with Crippen molar-refractivity contribution >= 4 is 44.4 Å². The standard InChI is InChI=1S/C27H20BrN3O2S/c28-23-10-6-20(7-11-23)15-25-17-30-27(34-25)31-26(32)22(16-29)14-19-8-12-24(13-9-19)33-18-21-4-2-1-3-5-21/h1-14,17H,15,18H2,(H,30,31,32)/b22-14+. The Morgan fingerprint density at radius 1 is 1.03 bits per heavy atom. The van der Waals surface area contributed by atoms with Crippen molar-refractivity contribution in [2.24, 2.45) is 0 Å². The molecule has 0 aliphatic heterocycles. The minimum Gasteiger partial charge on any atom is -0.489 e. The molecular weight excluding hydrogens is 510 g/mol. The van der Waals surface area contributed by atoms with Gasteiger partial charge in [-0.15, -0.1) is 11.3 Å². The van der Waals surface area contributed by atoms with E-state index < -0.39 is 5.91 Å². The van der Waals surface area contributed by atoms with Gasteiger partial charge >= 0.3 is 0 Å². The molecule has 0 bridgehead atoms. The molecule has 1 heterocycles. The number of nitrogens with one attached hydrogen (secondary N) is 1. The van der Waals surface area contributed by atoms with Crippen molar-refractivity contribution in [2.45, 2.75) is 13.0 Å². The van der Waals surface area contributed by atoms with Gasteiger partial charge in [-0.2, -0.15) is 5.26 Å². The Morgan fingerprint density at radius 3 is 2.47 bits per heavy atom. The van der Waals surface area contributed by atoms with Crippen molar-refractivity contribution in [3.63, 3.8) is 0 Å². The number of carbonyl (C=O) groups excluding carboxylic acids is 1. The fourth-order valence-corrected chi connectivity index (χ4v) is 4.24. The Labute approximate surface area is 210 Å². The zero-order chi connectivity index (χ0) is 23.8. The highest BCUT2D eigenvalue weighted by Gasteiger charge is 2.12. The zero-order valence-electron chi connectivity index (χ0n) is 18.1. The smallest absolute Gasteiger partial charge is 0.268 e. The molecule has 1 amide bonds. The molecule has 0 saturated heterocycles. The van der Waals surface area contributed by atoms with Crippen LogP contribution in [0.4, 0.5) is 5.13 Å². The van der Waals surface area contributed by atoms with Gasteiger partial charge < -0.3 is 4.74 Å². The number of amides is 1. The lowest BCUT2D eigenvalue weighted by Crippen LogP contribution is -2.13. The molecule has 0 fully saturated rings. The second-order valence-corrected chi connectivity index (χ2v) is 9.43. The van der Waals surface area contributed by atoms with Crippen molar-refractivity contribution in [1.29, 1.82) is 5.26 Å². The minimum atomic E-state index is -0.489. The van der Waals surface area contributed by atoms with E-state index in [0.717, 1.165) is 32.5 Å². The number of nitriles is 1. The number of halogens is 1. The molecule has 4 rings (SSSR count). The Bertz CT molecular complexity index is 1330. The number of hydrogen-bond acceptors (Lipinski definition) is 5. The summed E-state index contributed by atoms with van der Waals surface area (Å²) in [5.74, 6) is 0.224. The van der Waals surface area contributed by atoms with Crippen LogP contribution in [0.3, 0.4) is 0 Å². The van der Waals surface area contributed by atoms with Crippen LogP contribution in [0, 0.1) is 11.3 Å². The first kappa shape index (κ1) is 23.4. The maximum absolute atomic E-state index is 12.6. The number of benzene rings is 3. The summed E-state index contributed by atoms with van der Waals surface area (Å²) in [6.45, 7) is 0.472. The molecule has 4 aromatic rings. The van der Waals surface area contributed by atoms with E-state index in [1.54, 1.807) is 12.3 Å². The summed E-state index contributed by atoms with van der Waals surface area (Å²) < 4.78 is 6.81. The van der Waals surface area contributed by atoms with Gasteiger partial charge in [-0.3, -0.25) is 10.1 Å². The van der Waals surface area contributed by atoms with Crippen LogP contribution < -0.4 is 10.1 Å². The first-order chi connectivity index (χ1) is 16.6. The van der Waals surface area contributed by atoms with Gasteiger partial charge in [-0.05, 0) is 47.0 Å². The third-order valence-corrected chi connectivity index (χ3v) is 6.31. The Kier molecular flexibility index (Phi) is 7.87. The third kappa shape index (κ3) is 6.64. The summed E-state index contributed by atoms with van der Waals surface area (Å²) in [7, 11) is 0. The number of aromatic nitrogens is 1. The average Bonchev–Trinajstić information content (AvgIpc) is 3.30. The number of hydrogen-bond donors (Lipinski definition) is 1. The van der Waals surface area contributed by atoms with Crippen LogP contribution in [0.2, 0.25) is 0 Å². The molecule has 1 aromatic heterocycles. The maximum Gasteiger partial charge on any atom is 0.268 e. The molecule has 1 N–H and O–H groups in total. The van der Waals surface area contributed by atoms with Crippen molar-refractivity contribution in [3.05, 3.63) is 117 Å². The molecule has 0 aliphatic carbocycles. The van der Waals surface area contributed by atoms with Crippen LogP contribution in [0.15, 0.2) is 95.1 Å². The molecule has 0 aliphatic rings. The molecule has 3 aromatic carbocycles. The van der Waals surface area contributed by atoms with E-state index in [0.29, 0.717) is 17.5 Å². The van der Waals surface area contributed by atoms with Crippen LogP contribution >= 0.6 is 27.3 Å². The highest BCUT2D eigenvalue weighted by Crippen LogP contribution is 2.23. The van der Waals surface area contributed by atoms with Gasteiger partial charge in [0.1, 0.15) is 24.0 Å². The largest absolute Gasteiger partial charge is 0.489 e. The molecule has 0 radical (unpaired) electrons. The third-order valence-electron chi connectivity index (χ3n) is 4.87. The van der Waals surface area contributed by atoms with Gasteiger partial charge in [0, 0.05) is 22.0 Å². The van der Waals surface area contributed by atoms with Gasteiger partial charge in [-0.1, -0.05) is 70.5 Å². The van der Waals surface area contributed by atoms with E-state index in [4.69, 9.17) is 4.74 Å². The normalized spacial score (nSPS) is 11.0. The fourth-order valence-electron chi connectivity index (χ4n) is 3.13. The predicted molar refractivity (Wildman–Crippen MR) is 138 cm³/mol. The fraction of sp³-hybridized carbons (Fsp3) is 0.0741. The lowest BCUT2D eigenvalue weighted by Gasteiger charge is -2.06. The summed E-state index contributed by atoms with van der Waals surface area (Å²) >= 11 is 4.82. The number of carbonyl (C=O) groups is 1. The number of ether oxygens (including phenoxy) is 1. The van der Waals surface area contributed by atoms with Gasteiger partial charge in [-0.25, -0.2) is 4.98 Å². The van der Waals surface area contributed by atoms with E-state index >= 15 is 0 Å². The first-order valence-corrected chi connectivity index (χ1v) is 12.1. The van der Waals surface area contributed by atoms with Gasteiger partial charge in [0.2, 0.25) is 0 Å². The lowest BCUT2D eigenvalue weighted by molar-refractivity contribution is -0.112. The lowest BCUT2D eigenvalue weighted by atomic mass is 10.1. The van der Waals surface area contributed by atoms with Crippen molar-refractivity contribution in [1.82, 2.24) is 4.98 Å². The SMILES string of the molecule is N#C/C(=C\c1ccc(OCc2ccccc2)cc1)C(=O)Nc1ncc(Cc2ccc(Br)cc2)s1. The van der Waals surface area contributed by atoms with E-state index in [1.165, 1.54) is 11.3 Å². The molecule has 0 saturated carbocycles. The molecular formula is C27H20BrN3O2S. The summed E-state index contributed by atoms with van der Waals surface area (Å²) in [4.78, 5) is 17.9. The van der Waals surface area contributed by atoms with Crippen LogP contribution in [-0.4, -0.2) is 10.9 Å². The van der Waals surface area contributed by atoms with Crippen molar-refractivity contribution < 1.29 is 9.53 Å². The topological polar surface area (TPSA) is 75.0 Å². The van der Waals surface area contributed by atoms with Crippen LogP contribution in [0.25, 0.3) is 6.08 Å². The van der Waals surface area contributed by atoms with Crippen molar-refractivity contribution in [3.8, 4) is 11.8 Å². The monoisotopic (exact) mass is 529 g/mol. The van der Waals surface area contributed by atoms with E-state index in [-0.39, 0.29) is 5.57 Å². The van der Waals surface area contributed by atoms with Crippen LogP contribution in [0.1, 0.15) is 21.6 Å². The van der Waals surface area contributed by atoms with Gasteiger partial charge in [0.15, 0.2) is 5.13 Å². The molecule has 34 heavy (non-hydrogen) atoms. The number of rotatable bonds is 8. The first-order valence-electron chi connectivity index (χ1n) is 10.5. The summed E-state index contributed by atoms with van der Waals surface area (Å²) in [5.41, 5.74) is 2.96. The Balaban J connectivity index is 1.35. The molecule has 7 heteroatoms. The number of thiazole rings is 1. The maximum atomic E-state index is 12.6. The highest BCUT2D eigenvalue weighted by molar-refractivity contribution is 9.10. The highest BCUT2D eigenvalue weighted by atomic mass is 79.9. The van der Waals surface area contributed by atoms with Crippen LogP contribution in [0.5, 0.6) is 5.75 Å². The molecule has 0 spiro atoms. The zero-order valence-corrected chi connectivity index (χ0v) is 20.5. The summed E-state index contributed by atoms with van der Waals surface area (Å²) in [5, 5.41) is 12.7. The van der Waals surface area contributed by atoms with E-state index in [9.17, 15) is 10.1 Å². The van der Waals surface area contributed by atoms with Crippen LogP contribution in [-0.2, 0) is 17.8 Å². The summed E-state index contributed by atoms with van der Waals surface area (Å²) in [6, 6.07) is 27.2.